The van der Waals surface area contributed by atoms with Gasteiger partial charge in [0.2, 0.25) is 5.91 Å². The highest BCUT2D eigenvalue weighted by Gasteiger charge is 2.29. The minimum absolute atomic E-state index is 0.296. The number of hydrogen-bond donors (Lipinski definition) is 1. The van der Waals surface area contributed by atoms with Crippen LogP contribution < -0.4 is 5.32 Å². The average Bonchev–Trinajstić information content (AvgIpc) is 2.69. The van der Waals surface area contributed by atoms with Gasteiger partial charge >= 0.3 is 0 Å². The molecule has 2 atom stereocenters. The zero-order valence-electron chi connectivity index (χ0n) is 8.96. The summed E-state index contributed by atoms with van der Waals surface area (Å²) in [5.41, 5.74) is 0. The van der Waals surface area contributed by atoms with E-state index >= 15 is 0 Å². The Morgan fingerprint density at radius 2 is 2.07 bits per heavy atom. The third kappa shape index (κ3) is 2.08. The third-order valence-corrected chi connectivity index (χ3v) is 3.39. The molecule has 0 saturated carbocycles. The highest BCUT2D eigenvalue weighted by molar-refractivity contribution is 5.79. The summed E-state index contributed by atoms with van der Waals surface area (Å²) in [6.45, 7) is 5.17. The summed E-state index contributed by atoms with van der Waals surface area (Å²) in [6, 6.07) is 0.514. The lowest BCUT2D eigenvalue weighted by Crippen LogP contribution is -2.43. The second kappa shape index (κ2) is 4.30. The van der Waals surface area contributed by atoms with Gasteiger partial charge in [-0.15, -0.1) is 0 Å². The smallest absolute Gasteiger partial charge is 0.225 e. The van der Waals surface area contributed by atoms with Crippen LogP contribution in [0.4, 0.5) is 0 Å². The van der Waals surface area contributed by atoms with Crippen molar-refractivity contribution in [1.29, 1.82) is 0 Å². The van der Waals surface area contributed by atoms with Crippen LogP contribution in [0.2, 0.25) is 0 Å². The molecule has 2 rings (SSSR count). The molecule has 2 saturated heterocycles. The van der Waals surface area contributed by atoms with Crippen molar-refractivity contribution >= 4 is 5.91 Å². The van der Waals surface area contributed by atoms with Crippen LogP contribution in [-0.4, -0.2) is 36.5 Å². The molecule has 0 aromatic carbocycles. The quantitative estimate of drug-likeness (QED) is 0.678. The van der Waals surface area contributed by atoms with Crippen molar-refractivity contribution in [2.45, 2.75) is 38.6 Å². The number of hydrogen-bond acceptors (Lipinski definition) is 2. The van der Waals surface area contributed by atoms with Crippen molar-refractivity contribution in [3.05, 3.63) is 0 Å². The van der Waals surface area contributed by atoms with Crippen LogP contribution in [0.1, 0.15) is 32.6 Å². The first kappa shape index (κ1) is 9.97. The molecule has 2 unspecified atom stereocenters. The third-order valence-electron chi connectivity index (χ3n) is 3.39. The molecule has 0 aromatic heterocycles. The maximum atomic E-state index is 12.0. The minimum atomic E-state index is 0.296. The molecule has 2 aliphatic rings. The van der Waals surface area contributed by atoms with Crippen LogP contribution in [0.3, 0.4) is 0 Å². The van der Waals surface area contributed by atoms with Crippen LogP contribution >= 0.6 is 0 Å². The molecule has 0 radical (unpaired) electrons. The molecule has 0 bridgehead atoms. The van der Waals surface area contributed by atoms with Crippen molar-refractivity contribution in [3.63, 3.8) is 0 Å². The van der Waals surface area contributed by atoms with E-state index in [0.717, 1.165) is 32.5 Å². The molecule has 1 N–H and O–H groups in total. The van der Waals surface area contributed by atoms with Gasteiger partial charge < -0.3 is 10.2 Å². The number of carbonyl (C=O) groups excluding carboxylic acids is 1. The van der Waals surface area contributed by atoms with Crippen molar-refractivity contribution in [2.24, 2.45) is 5.92 Å². The molecular formula is C11H20N2O. The monoisotopic (exact) mass is 196 g/mol. The first-order valence-electron chi connectivity index (χ1n) is 5.79. The molecule has 0 aliphatic carbocycles. The molecule has 3 heteroatoms. The summed E-state index contributed by atoms with van der Waals surface area (Å²) in [5, 5.41) is 3.39. The number of piperidine rings is 1. The Labute approximate surface area is 85.8 Å². The van der Waals surface area contributed by atoms with Gasteiger partial charge in [-0.05, 0) is 39.2 Å². The fourth-order valence-corrected chi connectivity index (χ4v) is 2.55. The summed E-state index contributed by atoms with van der Waals surface area (Å²) in [6.07, 6.45) is 4.45. The second-order valence-electron chi connectivity index (χ2n) is 4.61. The first-order valence-corrected chi connectivity index (χ1v) is 5.79. The second-order valence-corrected chi connectivity index (χ2v) is 4.61. The Bertz CT molecular complexity index is 211. The number of nitrogens with zero attached hydrogens (tertiary/aromatic N) is 1. The number of likely N-dealkylation sites (tertiary alicyclic amines) is 1. The van der Waals surface area contributed by atoms with Gasteiger partial charge in [0.05, 0.1) is 0 Å². The fraction of sp³-hybridized carbons (Fsp3) is 0.909. The SMILES string of the molecule is CC1CC(C(=O)N2CCCC2)CCN1. The normalized spacial score (nSPS) is 33.4. The molecule has 3 nitrogen and oxygen atoms in total. The Morgan fingerprint density at radius 3 is 2.71 bits per heavy atom. The molecule has 80 valence electrons. The highest BCUT2D eigenvalue weighted by Crippen LogP contribution is 2.21. The molecule has 2 fully saturated rings. The summed E-state index contributed by atoms with van der Waals surface area (Å²) in [4.78, 5) is 14.1. The zero-order valence-corrected chi connectivity index (χ0v) is 8.96. The van der Waals surface area contributed by atoms with E-state index in [4.69, 9.17) is 0 Å². The molecule has 2 heterocycles. The highest BCUT2D eigenvalue weighted by atomic mass is 16.2. The van der Waals surface area contributed by atoms with E-state index in [1.54, 1.807) is 0 Å². The Hall–Kier alpha value is -0.570. The number of nitrogens with one attached hydrogen (secondary N) is 1. The lowest BCUT2D eigenvalue weighted by molar-refractivity contribution is -0.135. The van der Waals surface area contributed by atoms with Crippen LogP contribution in [0.5, 0.6) is 0 Å². The topological polar surface area (TPSA) is 32.3 Å². The molecule has 0 aromatic rings. The fourth-order valence-electron chi connectivity index (χ4n) is 2.55. The van der Waals surface area contributed by atoms with Gasteiger partial charge in [0, 0.05) is 25.0 Å². The maximum Gasteiger partial charge on any atom is 0.225 e. The van der Waals surface area contributed by atoms with E-state index in [9.17, 15) is 4.79 Å². The standard InChI is InChI=1S/C11H20N2O/c1-9-8-10(4-5-12-9)11(14)13-6-2-3-7-13/h9-10,12H,2-8H2,1H3. The van der Waals surface area contributed by atoms with E-state index in [1.807, 2.05) is 0 Å². The van der Waals surface area contributed by atoms with Gasteiger partial charge in [0.1, 0.15) is 0 Å². The van der Waals surface area contributed by atoms with Gasteiger partial charge in [0.15, 0.2) is 0 Å². The zero-order chi connectivity index (χ0) is 9.97. The van der Waals surface area contributed by atoms with E-state index in [-0.39, 0.29) is 0 Å². The molecule has 14 heavy (non-hydrogen) atoms. The predicted molar refractivity (Wildman–Crippen MR) is 56.0 cm³/mol. The van der Waals surface area contributed by atoms with E-state index in [1.165, 1.54) is 12.8 Å². The number of carbonyl (C=O) groups is 1. The van der Waals surface area contributed by atoms with Crippen LogP contribution in [0.25, 0.3) is 0 Å². The van der Waals surface area contributed by atoms with E-state index in [0.29, 0.717) is 17.9 Å². The van der Waals surface area contributed by atoms with Gasteiger partial charge in [-0.1, -0.05) is 0 Å². The first-order chi connectivity index (χ1) is 6.77. The van der Waals surface area contributed by atoms with Crippen LogP contribution in [-0.2, 0) is 4.79 Å². The largest absolute Gasteiger partial charge is 0.342 e. The Kier molecular flexibility index (Phi) is 3.06. The van der Waals surface area contributed by atoms with Crippen molar-refractivity contribution in [2.75, 3.05) is 19.6 Å². The predicted octanol–water partition coefficient (Wildman–Crippen LogP) is 0.997. The van der Waals surface area contributed by atoms with E-state index in [2.05, 4.69) is 17.1 Å². The van der Waals surface area contributed by atoms with E-state index < -0.39 is 0 Å². The lowest BCUT2D eigenvalue weighted by Gasteiger charge is -2.30. The van der Waals surface area contributed by atoms with Gasteiger partial charge in [0.25, 0.3) is 0 Å². The van der Waals surface area contributed by atoms with Gasteiger partial charge in [-0.3, -0.25) is 4.79 Å². The molecule has 0 spiro atoms. The van der Waals surface area contributed by atoms with Gasteiger partial charge in [-0.2, -0.15) is 0 Å². The maximum absolute atomic E-state index is 12.0. The summed E-state index contributed by atoms with van der Waals surface area (Å²) in [7, 11) is 0. The van der Waals surface area contributed by atoms with Crippen LogP contribution in [0.15, 0.2) is 0 Å². The Morgan fingerprint density at radius 1 is 1.36 bits per heavy atom. The van der Waals surface area contributed by atoms with Crippen LogP contribution in [0, 0.1) is 5.92 Å². The summed E-state index contributed by atoms with van der Waals surface area (Å²) >= 11 is 0. The lowest BCUT2D eigenvalue weighted by atomic mass is 9.92. The number of amides is 1. The number of rotatable bonds is 1. The van der Waals surface area contributed by atoms with Gasteiger partial charge in [-0.25, -0.2) is 0 Å². The average molecular weight is 196 g/mol. The Balaban J connectivity index is 1.89. The molecule has 1 amide bonds. The molecular weight excluding hydrogens is 176 g/mol. The summed E-state index contributed by atoms with van der Waals surface area (Å²) < 4.78 is 0. The summed E-state index contributed by atoms with van der Waals surface area (Å²) in [5.74, 6) is 0.709. The van der Waals surface area contributed by atoms with Crippen molar-refractivity contribution in [1.82, 2.24) is 10.2 Å². The van der Waals surface area contributed by atoms with Crippen molar-refractivity contribution in [3.8, 4) is 0 Å². The molecule has 2 aliphatic heterocycles. The minimum Gasteiger partial charge on any atom is -0.342 e. The van der Waals surface area contributed by atoms with Crippen molar-refractivity contribution < 1.29 is 4.79 Å².